The molecule has 0 unspecified atom stereocenters. The third-order valence-electron chi connectivity index (χ3n) is 6.01. The molecule has 0 aliphatic carbocycles. The van der Waals surface area contributed by atoms with Crippen LogP contribution in [-0.2, 0) is 32.5 Å². The molecular weight excluding hydrogens is 484 g/mol. The van der Waals surface area contributed by atoms with Crippen molar-refractivity contribution >= 4 is 27.6 Å². The SMILES string of the molecule is O=C(OCC(=O)N1CCc2ccccc2C1)c1ccc(NS(=O)(=O)c2ccc3c(c2)OCCO3)cc1. The Morgan fingerprint density at radius 1 is 0.917 bits per heavy atom. The summed E-state index contributed by atoms with van der Waals surface area (Å²) in [6.07, 6.45) is 0.763. The fourth-order valence-corrected chi connectivity index (χ4v) is 5.16. The van der Waals surface area contributed by atoms with Gasteiger partial charge in [0.15, 0.2) is 18.1 Å². The molecule has 1 N–H and O–H groups in total. The molecule has 0 fully saturated rings. The van der Waals surface area contributed by atoms with Gasteiger partial charge in [0.25, 0.3) is 15.9 Å². The Labute approximate surface area is 208 Å². The number of nitrogens with zero attached hydrogens (tertiary/aromatic N) is 1. The lowest BCUT2D eigenvalue weighted by Gasteiger charge is -2.28. The molecule has 3 aromatic rings. The van der Waals surface area contributed by atoms with Crippen LogP contribution < -0.4 is 14.2 Å². The molecule has 0 atom stereocenters. The maximum atomic E-state index is 12.8. The van der Waals surface area contributed by atoms with Crippen molar-refractivity contribution in [2.75, 3.05) is 31.1 Å². The second-order valence-corrected chi connectivity index (χ2v) is 10.1. The zero-order chi connectivity index (χ0) is 25.1. The van der Waals surface area contributed by atoms with Gasteiger partial charge in [-0.2, -0.15) is 0 Å². The fraction of sp³-hybridized carbons (Fsp3) is 0.231. The first kappa shape index (κ1) is 23.7. The summed E-state index contributed by atoms with van der Waals surface area (Å²) in [4.78, 5) is 26.7. The second kappa shape index (κ2) is 9.90. The Kier molecular flexibility index (Phi) is 6.51. The van der Waals surface area contributed by atoms with Gasteiger partial charge in [-0.05, 0) is 53.9 Å². The lowest BCUT2D eigenvalue weighted by Crippen LogP contribution is -2.38. The number of benzene rings is 3. The molecule has 2 aliphatic rings. The van der Waals surface area contributed by atoms with E-state index in [1.54, 1.807) is 11.0 Å². The quantitative estimate of drug-likeness (QED) is 0.510. The molecule has 10 heteroatoms. The van der Waals surface area contributed by atoms with Crippen LogP contribution in [0.15, 0.2) is 71.6 Å². The minimum atomic E-state index is -3.89. The topological polar surface area (TPSA) is 111 Å². The van der Waals surface area contributed by atoms with Crippen molar-refractivity contribution in [2.24, 2.45) is 0 Å². The van der Waals surface area contributed by atoms with E-state index in [1.807, 2.05) is 18.2 Å². The van der Waals surface area contributed by atoms with Crippen molar-refractivity contribution in [3.63, 3.8) is 0 Å². The Morgan fingerprint density at radius 2 is 1.64 bits per heavy atom. The van der Waals surface area contributed by atoms with Crippen molar-refractivity contribution < 1.29 is 32.2 Å². The van der Waals surface area contributed by atoms with Crippen molar-refractivity contribution in [3.05, 3.63) is 83.4 Å². The van der Waals surface area contributed by atoms with E-state index in [9.17, 15) is 18.0 Å². The summed E-state index contributed by atoms with van der Waals surface area (Å²) in [6, 6.07) is 18.1. The molecule has 5 rings (SSSR count). The third kappa shape index (κ3) is 5.13. The molecule has 2 heterocycles. The number of anilines is 1. The van der Waals surface area contributed by atoms with Crippen molar-refractivity contribution in [2.45, 2.75) is 17.9 Å². The number of carbonyl (C=O) groups excluding carboxylic acids is 2. The van der Waals surface area contributed by atoms with Crippen LogP contribution in [0.4, 0.5) is 5.69 Å². The van der Waals surface area contributed by atoms with Crippen LogP contribution in [0, 0.1) is 0 Å². The Bertz CT molecular complexity index is 1400. The van der Waals surface area contributed by atoms with E-state index in [0.717, 1.165) is 12.0 Å². The van der Waals surface area contributed by atoms with Gasteiger partial charge in [0.1, 0.15) is 13.2 Å². The molecule has 0 bridgehead atoms. The number of rotatable bonds is 6. The molecule has 0 aromatic heterocycles. The van der Waals surface area contributed by atoms with E-state index in [-0.39, 0.29) is 28.7 Å². The summed E-state index contributed by atoms with van der Waals surface area (Å²) in [6.45, 7) is 1.46. The standard InChI is InChI=1S/C26H24N2O7S/c29-25(28-12-11-18-3-1-2-4-20(18)16-28)17-35-26(30)19-5-7-21(8-6-19)27-36(31,32)22-9-10-23-24(15-22)34-14-13-33-23/h1-10,15,27H,11-14,16-17H2. The Balaban J connectivity index is 1.17. The van der Waals surface area contributed by atoms with Crippen LogP contribution in [0.5, 0.6) is 11.5 Å². The lowest BCUT2D eigenvalue weighted by molar-refractivity contribution is -0.135. The lowest BCUT2D eigenvalue weighted by atomic mass is 10.00. The molecule has 2 aliphatic heterocycles. The number of carbonyl (C=O) groups is 2. The summed E-state index contributed by atoms with van der Waals surface area (Å²) in [5.41, 5.74) is 2.79. The molecule has 9 nitrogen and oxygen atoms in total. The highest BCUT2D eigenvalue weighted by atomic mass is 32.2. The second-order valence-electron chi connectivity index (χ2n) is 8.40. The number of amides is 1. The Morgan fingerprint density at radius 3 is 2.42 bits per heavy atom. The Hall–Kier alpha value is -4.05. The van der Waals surface area contributed by atoms with Gasteiger partial charge >= 0.3 is 5.97 Å². The van der Waals surface area contributed by atoms with Gasteiger partial charge in [-0.15, -0.1) is 0 Å². The average Bonchev–Trinajstić information content (AvgIpc) is 2.91. The molecule has 0 saturated carbocycles. The zero-order valence-electron chi connectivity index (χ0n) is 19.3. The monoisotopic (exact) mass is 508 g/mol. The first-order valence-corrected chi connectivity index (χ1v) is 12.9. The number of nitrogens with one attached hydrogen (secondary N) is 1. The molecule has 0 spiro atoms. The number of hydrogen-bond acceptors (Lipinski definition) is 7. The third-order valence-corrected chi connectivity index (χ3v) is 7.39. The number of esters is 1. The molecule has 0 radical (unpaired) electrons. The van der Waals surface area contributed by atoms with Crippen LogP contribution >= 0.6 is 0 Å². The highest BCUT2D eigenvalue weighted by Crippen LogP contribution is 2.32. The van der Waals surface area contributed by atoms with Crippen LogP contribution in [0.3, 0.4) is 0 Å². The largest absolute Gasteiger partial charge is 0.486 e. The van der Waals surface area contributed by atoms with E-state index in [0.29, 0.717) is 37.8 Å². The maximum absolute atomic E-state index is 12.8. The first-order valence-electron chi connectivity index (χ1n) is 11.4. The molecule has 1 amide bonds. The highest BCUT2D eigenvalue weighted by Gasteiger charge is 2.22. The first-order chi connectivity index (χ1) is 17.4. The van der Waals surface area contributed by atoms with Crippen molar-refractivity contribution in [1.82, 2.24) is 4.90 Å². The van der Waals surface area contributed by atoms with Crippen LogP contribution in [0.25, 0.3) is 0 Å². The smallest absolute Gasteiger partial charge is 0.338 e. The van der Waals surface area contributed by atoms with E-state index in [4.69, 9.17) is 14.2 Å². The predicted octanol–water partition coefficient (Wildman–Crippen LogP) is 3.00. The van der Waals surface area contributed by atoms with Gasteiger partial charge in [-0.25, -0.2) is 13.2 Å². The minimum Gasteiger partial charge on any atom is -0.486 e. The van der Waals surface area contributed by atoms with Crippen LogP contribution in [0.2, 0.25) is 0 Å². The molecule has 3 aromatic carbocycles. The van der Waals surface area contributed by atoms with Crippen LogP contribution in [0.1, 0.15) is 21.5 Å². The summed E-state index contributed by atoms with van der Waals surface area (Å²) < 4.78 is 44.1. The fourth-order valence-electron chi connectivity index (χ4n) is 4.09. The summed E-state index contributed by atoms with van der Waals surface area (Å²) >= 11 is 0. The predicted molar refractivity (Wildman–Crippen MR) is 131 cm³/mol. The van der Waals surface area contributed by atoms with Crippen molar-refractivity contribution in [3.8, 4) is 11.5 Å². The van der Waals surface area contributed by atoms with Gasteiger partial charge in [-0.1, -0.05) is 24.3 Å². The molecule has 36 heavy (non-hydrogen) atoms. The zero-order valence-corrected chi connectivity index (χ0v) is 20.1. The van der Waals surface area contributed by atoms with Gasteiger partial charge in [0.2, 0.25) is 0 Å². The van der Waals surface area contributed by atoms with E-state index < -0.39 is 16.0 Å². The van der Waals surface area contributed by atoms with E-state index in [1.165, 1.54) is 42.0 Å². The van der Waals surface area contributed by atoms with Gasteiger partial charge in [0.05, 0.1) is 10.5 Å². The van der Waals surface area contributed by atoms with E-state index in [2.05, 4.69) is 10.8 Å². The summed E-state index contributed by atoms with van der Waals surface area (Å²) in [5.74, 6) is -0.0687. The average molecular weight is 509 g/mol. The van der Waals surface area contributed by atoms with Gasteiger partial charge in [-0.3, -0.25) is 9.52 Å². The number of hydrogen-bond donors (Lipinski definition) is 1. The minimum absolute atomic E-state index is 0.0223. The van der Waals surface area contributed by atoms with Gasteiger partial charge < -0.3 is 19.1 Å². The normalized spacial score (nSPS) is 14.5. The summed E-state index contributed by atoms with van der Waals surface area (Å²) in [5, 5.41) is 0. The number of ether oxygens (including phenoxy) is 3. The number of sulfonamides is 1. The maximum Gasteiger partial charge on any atom is 0.338 e. The molecule has 186 valence electrons. The molecular formula is C26H24N2O7S. The number of fused-ring (bicyclic) bond motifs is 2. The van der Waals surface area contributed by atoms with Crippen molar-refractivity contribution in [1.29, 1.82) is 0 Å². The van der Waals surface area contributed by atoms with Gasteiger partial charge in [0, 0.05) is 24.8 Å². The molecule has 0 saturated heterocycles. The summed E-state index contributed by atoms with van der Waals surface area (Å²) in [7, 11) is -3.89. The van der Waals surface area contributed by atoms with E-state index >= 15 is 0 Å². The van der Waals surface area contributed by atoms with Crippen LogP contribution in [-0.4, -0.2) is 51.6 Å². The highest BCUT2D eigenvalue weighted by molar-refractivity contribution is 7.92.